The third-order valence-electron chi connectivity index (χ3n) is 3.64. The number of carboxylic acid groups (broad SMARTS) is 1. The zero-order chi connectivity index (χ0) is 15.0. The lowest BCUT2D eigenvalue weighted by atomic mass is 10.00. The number of rotatable bonds is 4. The first-order valence-electron chi connectivity index (χ1n) is 6.92. The number of thiophene rings is 1. The first-order chi connectivity index (χ1) is 10.1. The van der Waals surface area contributed by atoms with E-state index in [2.05, 4.69) is 10.1 Å². The molecular weight excluding hydrogens is 290 g/mol. The molecule has 0 saturated heterocycles. The van der Waals surface area contributed by atoms with E-state index in [-0.39, 0.29) is 5.92 Å². The van der Waals surface area contributed by atoms with Gasteiger partial charge in [-0.15, -0.1) is 11.3 Å². The van der Waals surface area contributed by atoms with Crippen LogP contribution in [-0.2, 0) is 17.8 Å². The van der Waals surface area contributed by atoms with Gasteiger partial charge in [0.2, 0.25) is 5.89 Å². The molecule has 1 atom stereocenters. The fraction of sp³-hybridized carbons (Fsp3) is 0.500. The predicted octanol–water partition coefficient (Wildman–Crippen LogP) is 2.44. The Morgan fingerprint density at radius 2 is 2.43 bits per heavy atom. The van der Waals surface area contributed by atoms with Crippen molar-refractivity contribution in [1.82, 2.24) is 15.0 Å². The van der Waals surface area contributed by atoms with Crippen LogP contribution in [0, 0.1) is 0 Å². The standard InChI is InChI=1S/C14H17N3O3S/c1-8(2)13-15-11(20-16-13)7-17-5-3-10-9(4-6-21-10)12(17)14(18)19/h4,6,8,12H,3,5,7H2,1-2H3,(H,18,19). The molecule has 2 aromatic heterocycles. The molecule has 6 nitrogen and oxygen atoms in total. The third kappa shape index (κ3) is 2.71. The summed E-state index contributed by atoms with van der Waals surface area (Å²) in [6, 6.07) is 1.27. The fourth-order valence-electron chi connectivity index (χ4n) is 2.57. The van der Waals surface area contributed by atoms with Crippen LogP contribution in [-0.4, -0.2) is 32.7 Å². The molecule has 1 N–H and O–H groups in total. The van der Waals surface area contributed by atoms with Gasteiger partial charge in [0.05, 0.1) is 6.54 Å². The SMILES string of the molecule is CC(C)c1noc(CN2CCc3sccc3C2C(=O)O)n1. The first kappa shape index (κ1) is 14.2. The highest BCUT2D eigenvalue weighted by Crippen LogP contribution is 2.34. The van der Waals surface area contributed by atoms with Gasteiger partial charge >= 0.3 is 5.97 Å². The maximum atomic E-state index is 11.6. The Kier molecular flexibility index (Phi) is 3.77. The number of hydrogen-bond donors (Lipinski definition) is 1. The summed E-state index contributed by atoms with van der Waals surface area (Å²) in [5.41, 5.74) is 0.891. The zero-order valence-corrected chi connectivity index (χ0v) is 12.8. The van der Waals surface area contributed by atoms with E-state index in [0.717, 1.165) is 16.9 Å². The molecule has 0 aromatic carbocycles. The van der Waals surface area contributed by atoms with Crippen molar-refractivity contribution in [2.24, 2.45) is 0 Å². The summed E-state index contributed by atoms with van der Waals surface area (Å²) in [7, 11) is 0. The van der Waals surface area contributed by atoms with Crippen LogP contribution in [0.15, 0.2) is 16.0 Å². The van der Waals surface area contributed by atoms with Gasteiger partial charge < -0.3 is 9.63 Å². The normalized spacial score (nSPS) is 18.9. The molecule has 1 aliphatic heterocycles. The van der Waals surface area contributed by atoms with E-state index in [9.17, 15) is 9.90 Å². The Morgan fingerprint density at radius 1 is 1.62 bits per heavy atom. The van der Waals surface area contributed by atoms with Gasteiger partial charge in [-0.3, -0.25) is 9.69 Å². The second kappa shape index (κ2) is 5.57. The van der Waals surface area contributed by atoms with E-state index in [0.29, 0.717) is 24.8 Å². The van der Waals surface area contributed by atoms with Gasteiger partial charge in [-0.2, -0.15) is 4.98 Å². The average Bonchev–Trinajstić information content (AvgIpc) is 3.06. The highest BCUT2D eigenvalue weighted by atomic mass is 32.1. The highest BCUT2D eigenvalue weighted by molar-refractivity contribution is 7.10. The lowest BCUT2D eigenvalue weighted by Crippen LogP contribution is -2.38. The summed E-state index contributed by atoms with van der Waals surface area (Å²) >= 11 is 1.62. The van der Waals surface area contributed by atoms with Gasteiger partial charge in [0.1, 0.15) is 6.04 Å². The summed E-state index contributed by atoms with van der Waals surface area (Å²) in [4.78, 5) is 19.0. The maximum absolute atomic E-state index is 11.6. The van der Waals surface area contributed by atoms with E-state index in [1.54, 1.807) is 11.3 Å². The fourth-order valence-corrected chi connectivity index (χ4v) is 3.47. The van der Waals surface area contributed by atoms with Crippen LogP contribution in [0.3, 0.4) is 0 Å². The Bertz CT molecular complexity index is 649. The molecule has 21 heavy (non-hydrogen) atoms. The van der Waals surface area contributed by atoms with Crippen LogP contribution < -0.4 is 0 Å². The smallest absolute Gasteiger partial charge is 0.325 e. The number of aliphatic carboxylic acids is 1. The minimum atomic E-state index is -0.835. The van der Waals surface area contributed by atoms with Gasteiger partial charge in [-0.1, -0.05) is 19.0 Å². The molecule has 7 heteroatoms. The molecule has 112 valence electrons. The van der Waals surface area contributed by atoms with Gasteiger partial charge in [-0.25, -0.2) is 0 Å². The average molecular weight is 307 g/mol. The van der Waals surface area contributed by atoms with Crippen LogP contribution in [0.4, 0.5) is 0 Å². The molecule has 0 bridgehead atoms. The second-order valence-electron chi connectivity index (χ2n) is 5.46. The van der Waals surface area contributed by atoms with E-state index in [4.69, 9.17) is 4.52 Å². The van der Waals surface area contributed by atoms with Crippen molar-refractivity contribution in [2.75, 3.05) is 6.54 Å². The predicted molar refractivity (Wildman–Crippen MR) is 77.2 cm³/mol. The third-order valence-corrected chi connectivity index (χ3v) is 4.63. The van der Waals surface area contributed by atoms with E-state index in [1.165, 1.54) is 0 Å². The molecule has 1 unspecified atom stereocenters. The molecule has 0 radical (unpaired) electrons. The Hall–Kier alpha value is -1.73. The van der Waals surface area contributed by atoms with Crippen LogP contribution in [0.5, 0.6) is 0 Å². The van der Waals surface area contributed by atoms with Gasteiger partial charge in [0.25, 0.3) is 0 Å². The minimum absolute atomic E-state index is 0.197. The van der Waals surface area contributed by atoms with Gasteiger partial charge in [-0.05, 0) is 23.4 Å². The number of nitrogens with zero attached hydrogens (tertiary/aromatic N) is 3. The molecule has 2 aromatic rings. The molecule has 3 heterocycles. The maximum Gasteiger partial charge on any atom is 0.325 e. The van der Waals surface area contributed by atoms with Crippen molar-refractivity contribution in [3.05, 3.63) is 33.6 Å². The monoisotopic (exact) mass is 307 g/mol. The van der Waals surface area contributed by atoms with Crippen molar-refractivity contribution in [2.45, 2.75) is 38.8 Å². The van der Waals surface area contributed by atoms with Crippen LogP contribution in [0.2, 0.25) is 0 Å². The molecule has 0 fully saturated rings. The minimum Gasteiger partial charge on any atom is -0.480 e. The van der Waals surface area contributed by atoms with Crippen LogP contribution in [0.1, 0.15) is 48.0 Å². The topological polar surface area (TPSA) is 79.5 Å². The van der Waals surface area contributed by atoms with E-state index < -0.39 is 12.0 Å². The molecule has 0 amide bonds. The Labute approximate surface area is 126 Å². The van der Waals surface area contributed by atoms with Gasteiger partial charge in [0, 0.05) is 17.3 Å². The molecule has 3 rings (SSSR count). The van der Waals surface area contributed by atoms with E-state index in [1.807, 2.05) is 30.2 Å². The quantitative estimate of drug-likeness (QED) is 0.934. The Morgan fingerprint density at radius 3 is 3.10 bits per heavy atom. The molecule has 1 aliphatic rings. The highest BCUT2D eigenvalue weighted by Gasteiger charge is 2.34. The van der Waals surface area contributed by atoms with Gasteiger partial charge in [0.15, 0.2) is 5.82 Å². The zero-order valence-electron chi connectivity index (χ0n) is 11.9. The van der Waals surface area contributed by atoms with Crippen molar-refractivity contribution >= 4 is 17.3 Å². The number of carboxylic acids is 1. The summed E-state index contributed by atoms with van der Waals surface area (Å²) < 4.78 is 5.23. The van der Waals surface area contributed by atoms with Crippen LogP contribution in [0.25, 0.3) is 0 Å². The van der Waals surface area contributed by atoms with Crippen LogP contribution >= 0.6 is 11.3 Å². The molecule has 0 aliphatic carbocycles. The number of hydrogen-bond acceptors (Lipinski definition) is 6. The summed E-state index contributed by atoms with van der Waals surface area (Å²) in [6.07, 6.45) is 0.863. The molecule has 0 spiro atoms. The second-order valence-corrected chi connectivity index (χ2v) is 6.46. The molecule has 0 saturated carbocycles. The summed E-state index contributed by atoms with van der Waals surface area (Å²) in [6.45, 7) is 5.04. The number of fused-ring (bicyclic) bond motifs is 1. The van der Waals surface area contributed by atoms with Crippen molar-refractivity contribution in [3.8, 4) is 0 Å². The number of carbonyl (C=O) groups is 1. The van der Waals surface area contributed by atoms with E-state index >= 15 is 0 Å². The lowest BCUT2D eigenvalue weighted by molar-refractivity contribution is -0.144. The summed E-state index contributed by atoms with van der Waals surface area (Å²) in [5.74, 6) is 0.495. The summed E-state index contributed by atoms with van der Waals surface area (Å²) in [5, 5.41) is 15.4. The lowest BCUT2D eigenvalue weighted by Gasteiger charge is -2.31. The van der Waals surface area contributed by atoms with Crippen molar-refractivity contribution in [3.63, 3.8) is 0 Å². The van der Waals surface area contributed by atoms with Crippen molar-refractivity contribution in [1.29, 1.82) is 0 Å². The number of aromatic nitrogens is 2. The molecular formula is C14H17N3O3S. The van der Waals surface area contributed by atoms with Crippen molar-refractivity contribution < 1.29 is 14.4 Å². The first-order valence-corrected chi connectivity index (χ1v) is 7.80. The largest absolute Gasteiger partial charge is 0.480 e. The Balaban J connectivity index is 1.82.